The highest BCUT2D eigenvalue weighted by Gasteiger charge is 2.23. The molecule has 0 spiro atoms. The van der Waals surface area contributed by atoms with Crippen LogP contribution >= 0.6 is 12.4 Å². The van der Waals surface area contributed by atoms with E-state index >= 15 is 0 Å². The van der Waals surface area contributed by atoms with Gasteiger partial charge in [0.05, 0.1) is 10.6 Å². The fraction of sp³-hybridized carbons (Fsp3) is 0.111. The normalized spacial score (nSPS) is 10.8. The first-order valence-electron chi connectivity index (χ1n) is 7.60. The number of nitrogens with one attached hydrogen (secondary N) is 1. The second-order valence-electron chi connectivity index (χ2n) is 5.39. The smallest absolute Gasteiger partial charge is 0.268 e. The molecule has 0 atom stereocenters. The molecule has 26 heavy (non-hydrogen) atoms. The van der Waals surface area contributed by atoms with E-state index in [9.17, 15) is 13.7 Å². The lowest BCUT2D eigenvalue weighted by atomic mass is 10.1. The molecule has 2 aromatic heterocycles. The number of nitriles is 1. The lowest BCUT2D eigenvalue weighted by Crippen LogP contribution is -2.13. The maximum atomic E-state index is 13.1. The molecule has 0 bridgehead atoms. The zero-order valence-corrected chi connectivity index (χ0v) is 15.6. The van der Waals surface area contributed by atoms with Crippen LogP contribution < -0.4 is 5.32 Å². The molecule has 1 aromatic carbocycles. The summed E-state index contributed by atoms with van der Waals surface area (Å²) in [7, 11) is -2.00. The Labute approximate surface area is 158 Å². The van der Waals surface area contributed by atoms with Crippen molar-refractivity contribution in [1.29, 1.82) is 5.26 Å². The average molecular weight is 389 g/mol. The van der Waals surface area contributed by atoms with Crippen molar-refractivity contribution in [2.24, 2.45) is 0 Å². The zero-order valence-electron chi connectivity index (χ0n) is 14.0. The van der Waals surface area contributed by atoms with Gasteiger partial charge in [-0.15, -0.1) is 12.4 Å². The SMILES string of the molecule is CNCc1cc(-c2cccnc2C#N)n(S(=O)(=O)c2ccccc2)c1.Cl. The van der Waals surface area contributed by atoms with Crippen molar-refractivity contribution in [1.82, 2.24) is 14.3 Å². The molecule has 0 unspecified atom stereocenters. The Bertz CT molecular complexity index is 1040. The molecule has 0 fully saturated rings. The molecule has 2 heterocycles. The molecule has 0 aliphatic heterocycles. The Morgan fingerprint density at radius 3 is 2.58 bits per heavy atom. The van der Waals surface area contributed by atoms with Crippen LogP contribution in [0.1, 0.15) is 11.3 Å². The quantitative estimate of drug-likeness (QED) is 0.726. The van der Waals surface area contributed by atoms with Gasteiger partial charge in [0.1, 0.15) is 11.8 Å². The standard InChI is InChI=1S/C18H16N4O2S.ClH/c1-20-12-14-10-18(16-8-5-9-21-17(16)11-19)22(13-14)25(23,24)15-6-3-2-4-7-15;/h2-10,13,20H,12H2,1H3;1H. The van der Waals surface area contributed by atoms with Crippen LogP contribution in [0.15, 0.2) is 65.8 Å². The highest BCUT2D eigenvalue weighted by molar-refractivity contribution is 7.90. The summed E-state index contributed by atoms with van der Waals surface area (Å²) < 4.78 is 27.4. The second-order valence-corrected chi connectivity index (χ2v) is 7.20. The van der Waals surface area contributed by atoms with Gasteiger partial charge in [-0.25, -0.2) is 17.4 Å². The van der Waals surface area contributed by atoms with Gasteiger partial charge < -0.3 is 5.32 Å². The lowest BCUT2D eigenvalue weighted by Gasteiger charge is -2.11. The third-order valence-corrected chi connectivity index (χ3v) is 5.40. The van der Waals surface area contributed by atoms with Crippen molar-refractivity contribution in [3.63, 3.8) is 0 Å². The van der Waals surface area contributed by atoms with Crippen LogP contribution in [0.25, 0.3) is 11.3 Å². The number of rotatable bonds is 5. The Morgan fingerprint density at radius 2 is 1.92 bits per heavy atom. The molecule has 3 rings (SSSR count). The predicted octanol–water partition coefficient (Wildman–Crippen LogP) is 2.80. The minimum absolute atomic E-state index is 0. The van der Waals surface area contributed by atoms with Gasteiger partial charge in [-0.2, -0.15) is 5.26 Å². The van der Waals surface area contributed by atoms with Crippen LogP contribution in [-0.2, 0) is 16.6 Å². The third kappa shape index (κ3) is 3.63. The van der Waals surface area contributed by atoms with Gasteiger partial charge in [-0.3, -0.25) is 0 Å². The van der Waals surface area contributed by atoms with E-state index in [1.807, 2.05) is 6.07 Å². The molecule has 0 amide bonds. The summed E-state index contributed by atoms with van der Waals surface area (Å²) in [6.07, 6.45) is 3.08. The van der Waals surface area contributed by atoms with E-state index in [1.165, 1.54) is 10.2 Å². The first-order valence-corrected chi connectivity index (χ1v) is 9.04. The Kier molecular flexibility index (Phi) is 6.16. The van der Waals surface area contributed by atoms with Crippen molar-refractivity contribution in [2.45, 2.75) is 11.4 Å². The first-order chi connectivity index (χ1) is 12.1. The maximum absolute atomic E-state index is 13.1. The molecule has 0 radical (unpaired) electrons. The summed E-state index contributed by atoms with van der Waals surface area (Å²) in [4.78, 5) is 4.23. The van der Waals surface area contributed by atoms with E-state index in [2.05, 4.69) is 10.3 Å². The number of nitrogens with zero attached hydrogens (tertiary/aromatic N) is 3. The van der Waals surface area contributed by atoms with Crippen LogP contribution in [0.5, 0.6) is 0 Å². The Balaban J connectivity index is 0.00000243. The summed E-state index contributed by atoms with van der Waals surface area (Å²) in [5.74, 6) is 0. The van der Waals surface area contributed by atoms with Crippen molar-refractivity contribution >= 4 is 22.4 Å². The highest BCUT2D eigenvalue weighted by Crippen LogP contribution is 2.28. The molecule has 0 saturated heterocycles. The summed E-state index contributed by atoms with van der Waals surface area (Å²) in [6, 6.07) is 15.4. The van der Waals surface area contributed by atoms with E-state index in [0.29, 0.717) is 17.8 Å². The van der Waals surface area contributed by atoms with E-state index in [1.54, 1.807) is 61.8 Å². The van der Waals surface area contributed by atoms with Crippen molar-refractivity contribution in [2.75, 3.05) is 7.05 Å². The third-order valence-electron chi connectivity index (χ3n) is 3.71. The summed E-state index contributed by atoms with van der Waals surface area (Å²) in [6.45, 7) is 0.506. The van der Waals surface area contributed by atoms with Crippen LogP contribution in [0.4, 0.5) is 0 Å². The van der Waals surface area contributed by atoms with Gasteiger partial charge in [0, 0.05) is 24.5 Å². The summed E-state index contributed by atoms with van der Waals surface area (Å²) in [5.41, 5.74) is 1.87. The molecule has 134 valence electrons. The van der Waals surface area contributed by atoms with Gasteiger partial charge in [0.15, 0.2) is 0 Å². The topological polar surface area (TPSA) is 87.8 Å². The minimum Gasteiger partial charge on any atom is -0.316 e. The van der Waals surface area contributed by atoms with Crippen molar-refractivity contribution in [3.05, 3.63) is 72.2 Å². The van der Waals surface area contributed by atoms with E-state index in [0.717, 1.165) is 5.56 Å². The molecule has 8 heteroatoms. The van der Waals surface area contributed by atoms with Gasteiger partial charge in [0.25, 0.3) is 10.0 Å². The number of hydrogen-bond acceptors (Lipinski definition) is 5. The number of hydrogen-bond donors (Lipinski definition) is 1. The zero-order chi connectivity index (χ0) is 17.9. The molecule has 1 N–H and O–H groups in total. The first kappa shape index (κ1) is 19.7. The molecule has 0 aliphatic rings. The molecular formula is C18H17ClN4O2S. The molecule has 6 nitrogen and oxygen atoms in total. The number of benzene rings is 1. The highest BCUT2D eigenvalue weighted by atomic mass is 35.5. The lowest BCUT2D eigenvalue weighted by molar-refractivity contribution is 0.588. The molecular weight excluding hydrogens is 372 g/mol. The maximum Gasteiger partial charge on any atom is 0.268 e. The molecule has 0 aliphatic carbocycles. The van der Waals surface area contributed by atoms with Crippen LogP contribution in [0.3, 0.4) is 0 Å². The van der Waals surface area contributed by atoms with E-state index in [-0.39, 0.29) is 23.0 Å². The number of halogens is 1. The van der Waals surface area contributed by atoms with Crippen LogP contribution in [0.2, 0.25) is 0 Å². The van der Waals surface area contributed by atoms with Crippen LogP contribution in [-0.4, -0.2) is 24.4 Å². The van der Waals surface area contributed by atoms with Gasteiger partial charge in [-0.05, 0) is 42.9 Å². The fourth-order valence-electron chi connectivity index (χ4n) is 2.60. The average Bonchev–Trinajstić information content (AvgIpc) is 3.07. The van der Waals surface area contributed by atoms with Crippen molar-refractivity contribution < 1.29 is 8.42 Å². The predicted molar refractivity (Wildman–Crippen MR) is 101 cm³/mol. The Hall–Kier alpha value is -2.66. The molecule has 3 aromatic rings. The van der Waals surface area contributed by atoms with Gasteiger partial charge >= 0.3 is 0 Å². The van der Waals surface area contributed by atoms with E-state index < -0.39 is 10.0 Å². The Morgan fingerprint density at radius 1 is 1.19 bits per heavy atom. The number of aromatic nitrogens is 2. The summed E-state index contributed by atoms with van der Waals surface area (Å²) >= 11 is 0. The van der Waals surface area contributed by atoms with E-state index in [4.69, 9.17) is 0 Å². The van der Waals surface area contributed by atoms with Crippen molar-refractivity contribution in [3.8, 4) is 17.3 Å². The fourth-order valence-corrected chi connectivity index (χ4v) is 4.01. The second kappa shape index (κ2) is 8.15. The molecule has 0 saturated carbocycles. The van der Waals surface area contributed by atoms with Gasteiger partial charge in [0.2, 0.25) is 0 Å². The monoisotopic (exact) mass is 388 g/mol. The summed E-state index contributed by atoms with van der Waals surface area (Å²) in [5, 5.41) is 12.3. The number of pyridine rings is 1. The minimum atomic E-state index is -3.79. The largest absolute Gasteiger partial charge is 0.316 e. The van der Waals surface area contributed by atoms with Gasteiger partial charge in [-0.1, -0.05) is 18.2 Å². The van der Waals surface area contributed by atoms with Crippen LogP contribution in [0, 0.1) is 11.3 Å².